The molecule has 0 aliphatic carbocycles. The zero-order valence-electron chi connectivity index (χ0n) is 17.1. The van der Waals surface area contributed by atoms with Crippen LogP contribution in [0.2, 0.25) is 0 Å². The molecule has 0 atom stereocenters. The Kier molecular flexibility index (Phi) is 6.55. The molecule has 164 valence electrons. The summed E-state index contributed by atoms with van der Waals surface area (Å²) in [6, 6.07) is 12.5. The third-order valence-corrected chi connectivity index (χ3v) is 5.52. The second-order valence-electron chi connectivity index (χ2n) is 6.77. The molecule has 2 aromatic heterocycles. The predicted molar refractivity (Wildman–Crippen MR) is 118 cm³/mol. The molecule has 0 aliphatic heterocycles. The van der Waals surface area contributed by atoms with Crippen molar-refractivity contribution >= 4 is 32.6 Å². The van der Waals surface area contributed by atoms with Crippen LogP contribution >= 0.6 is 11.3 Å². The molecule has 2 heterocycles. The number of hydrogen-bond acceptors (Lipinski definition) is 6. The maximum Gasteiger partial charge on any atom is 0.267 e. The van der Waals surface area contributed by atoms with Gasteiger partial charge in [-0.15, -0.1) is 0 Å². The van der Waals surface area contributed by atoms with Crippen LogP contribution in [0.3, 0.4) is 0 Å². The first kappa shape index (κ1) is 21.6. The smallest absolute Gasteiger partial charge is 0.267 e. The number of fused-ring (bicyclic) bond motifs is 1. The van der Waals surface area contributed by atoms with Crippen molar-refractivity contribution in [3.8, 4) is 11.5 Å². The summed E-state index contributed by atoms with van der Waals surface area (Å²) in [5.74, 6) is -0.660. The summed E-state index contributed by atoms with van der Waals surface area (Å²) in [4.78, 5) is 22.8. The Morgan fingerprint density at radius 3 is 2.53 bits per heavy atom. The van der Waals surface area contributed by atoms with E-state index in [9.17, 15) is 13.6 Å². The molecule has 4 rings (SSSR count). The number of hydrogen-bond donors (Lipinski definition) is 0. The Bertz CT molecular complexity index is 1220. The molecule has 0 aliphatic rings. The zero-order chi connectivity index (χ0) is 22.5. The van der Waals surface area contributed by atoms with Gasteiger partial charge in [0.25, 0.3) is 5.91 Å². The molecule has 0 saturated carbocycles. The molecular weight excluding hydrogens is 436 g/mol. The number of thiazole rings is 1. The molecule has 0 bridgehead atoms. The molecule has 0 unspecified atom stereocenters. The maximum absolute atomic E-state index is 14.2. The molecule has 0 fully saturated rings. The van der Waals surface area contributed by atoms with Gasteiger partial charge in [0, 0.05) is 18.5 Å². The molecule has 4 aromatic rings. The number of carbonyl (C=O) groups excluding carboxylic acids is 1. The fourth-order valence-corrected chi connectivity index (χ4v) is 4.04. The van der Waals surface area contributed by atoms with E-state index < -0.39 is 11.6 Å². The molecule has 9 heteroatoms. The standard InChI is InChI=1S/C23H19F2N3O3S/c1-2-30-17-5-7-18(8-6-17)31-14-21(29)28(13-15-4-3-9-26-12-15)23-27-22-19(25)10-16(24)11-20(22)32-23/h3-12H,2,13-14H2,1H3. The number of ether oxygens (including phenoxy) is 2. The number of benzene rings is 2. The lowest BCUT2D eigenvalue weighted by atomic mass is 10.2. The van der Waals surface area contributed by atoms with Crippen LogP contribution in [0.1, 0.15) is 12.5 Å². The first-order chi connectivity index (χ1) is 15.5. The molecular formula is C23H19F2N3O3S. The van der Waals surface area contributed by atoms with Gasteiger partial charge in [-0.2, -0.15) is 0 Å². The molecule has 0 N–H and O–H groups in total. The van der Waals surface area contributed by atoms with Crippen LogP contribution in [-0.4, -0.2) is 29.1 Å². The summed E-state index contributed by atoms with van der Waals surface area (Å²) < 4.78 is 39.1. The normalized spacial score (nSPS) is 10.8. The van der Waals surface area contributed by atoms with E-state index in [-0.39, 0.29) is 29.7 Å². The lowest BCUT2D eigenvalue weighted by Gasteiger charge is -2.20. The second-order valence-corrected chi connectivity index (χ2v) is 7.77. The first-order valence-corrected chi connectivity index (χ1v) is 10.7. The van der Waals surface area contributed by atoms with Crippen molar-refractivity contribution in [3.05, 3.63) is 78.1 Å². The highest BCUT2D eigenvalue weighted by molar-refractivity contribution is 7.22. The highest BCUT2D eigenvalue weighted by atomic mass is 32.1. The number of aromatic nitrogens is 2. The van der Waals surface area contributed by atoms with Crippen molar-refractivity contribution in [2.45, 2.75) is 13.5 Å². The molecule has 0 saturated heterocycles. The molecule has 32 heavy (non-hydrogen) atoms. The average Bonchev–Trinajstić information content (AvgIpc) is 3.22. The minimum absolute atomic E-state index is 0.0165. The number of carbonyl (C=O) groups is 1. The average molecular weight is 455 g/mol. The minimum Gasteiger partial charge on any atom is -0.494 e. The van der Waals surface area contributed by atoms with Crippen molar-refractivity contribution in [2.75, 3.05) is 18.1 Å². The first-order valence-electron chi connectivity index (χ1n) is 9.84. The van der Waals surface area contributed by atoms with Gasteiger partial charge in [-0.25, -0.2) is 13.8 Å². The van der Waals surface area contributed by atoms with Crippen LogP contribution in [-0.2, 0) is 11.3 Å². The molecule has 6 nitrogen and oxygen atoms in total. The molecule has 1 amide bonds. The van der Waals surface area contributed by atoms with E-state index in [1.807, 2.05) is 13.0 Å². The van der Waals surface area contributed by atoms with Crippen LogP contribution in [0.5, 0.6) is 11.5 Å². The van der Waals surface area contributed by atoms with Gasteiger partial charge in [0.2, 0.25) is 0 Å². The van der Waals surface area contributed by atoms with Crippen LogP contribution in [0.25, 0.3) is 10.2 Å². The minimum atomic E-state index is -0.776. The fourth-order valence-electron chi connectivity index (χ4n) is 3.02. The van der Waals surface area contributed by atoms with Crippen molar-refractivity contribution in [1.82, 2.24) is 9.97 Å². The summed E-state index contributed by atoms with van der Waals surface area (Å²) >= 11 is 1.03. The van der Waals surface area contributed by atoms with Gasteiger partial charge in [0.05, 0.1) is 17.9 Å². The van der Waals surface area contributed by atoms with Gasteiger partial charge in [-0.3, -0.25) is 14.7 Å². The summed E-state index contributed by atoms with van der Waals surface area (Å²) in [6.45, 7) is 2.33. The summed E-state index contributed by atoms with van der Waals surface area (Å²) in [7, 11) is 0. The van der Waals surface area contributed by atoms with Gasteiger partial charge in [-0.05, 0) is 48.9 Å². The number of amides is 1. The number of nitrogens with zero attached hydrogens (tertiary/aromatic N) is 3. The van der Waals surface area contributed by atoms with E-state index in [2.05, 4.69) is 9.97 Å². The topological polar surface area (TPSA) is 64.6 Å². The number of halogens is 2. The third kappa shape index (κ3) is 5.00. The van der Waals surface area contributed by atoms with Crippen LogP contribution in [0.4, 0.5) is 13.9 Å². The lowest BCUT2D eigenvalue weighted by Crippen LogP contribution is -2.34. The number of anilines is 1. The fraction of sp³-hybridized carbons (Fsp3) is 0.174. The third-order valence-electron chi connectivity index (χ3n) is 4.49. The Balaban J connectivity index is 1.57. The van der Waals surface area contributed by atoms with Crippen LogP contribution < -0.4 is 14.4 Å². The Morgan fingerprint density at radius 2 is 1.84 bits per heavy atom. The summed E-state index contributed by atoms with van der Waals surface area (Å²) in [5, 5.41) is 0.244. The highest BCUT2D eigenvalue weighted by Crippen LogP contribution is 2.32. The largest absolute Gasteiger partial charge is 0.494 e. The number of pyridine rings is 1. The lowest BCUT2D eigenvalue weighted by molar-refractivity contribution is -0.120. The molecule has 0 radical (unpaired) electrons. The van der Waals surface area contributed by atoms with Crippen molar-refractivity contribution in [2.24, 2.45) is 0 Å². The van der Waals surface area contributed by atoms with Gasteiger partial charge in [0.15, 0.2) is 17.6 Å². The van der Waals surface area contributed by atoms with E-state index in [0.29, 0.717) is 22.8 Å². The predicted octanol–water partition coefficient (Wildman–Crippen LogP) is 4.98. The molecule has 2 aromatic carbocycles. The van der Waals surface area contributed by atoms with E-state index >= 15 is 0 Å². The van der Waals surface area contributed by atoms with Crippen LogP contribution in [0, 0.1) is 11.6 Å². The Hall–Kier alpha value is -3.59. The van der Waals surface area contributed by atoms with Crippen molar-refractivity contribution in [3.63, 3.8) is 0 Å². The van der Waals surface area contributed by atoms with Crippen LogP contribution in [0.15, 0.2) is 60.9 Å². The Morgan fingerprint density at radius 1 is 1.09 bits per heavy atom. The van der Waals surface area contributed by atoms with Gasteiger partial charge >= 0.3 is 0 Å². The van der Waals surface area contributed by atoms with Crippen molar-refractivity contribution in [1.29, 1.82) is 0 Å². The monoisotopic (exact) mass is 455 g/mol. The maximum atomic E-state index is 14.2. The van der Waals surface area contributed by atoms with E-state index in [4.69, 9.17) is 9.47 Å². The number of rotatable bonds is 8. The second kappa shape index (κ2) is 9.69. The Labute approximate surface area is 187 Å². The van der Waals surface area contributed by atoms with Gasteiger partial charge in [-0.1, -0.05) is 17.4 Å². The summed E-state index contributed by atoms with van der Waals surface area (Å²) in [6.07, 6.45) is 3.25. The SMILES string of the molecule is CCOc1ccc(OCC(=O)N(Cc2cccnc2)c2nc3c(F)cc(F)cc3s2)cc1. The van der Waals surface area contributed by atoms with E-state index in [1.54, 1.807) is 42.7 Å². The summed E-state index contributed by atoms with van der Waals surface area (Å²) in [5.41, 5.74) is 0.774. The quantitative estimate of drug-likeness (QED) is 0.375. The molecule has 0 spiro atoms. The van der Waals surface area contributed by atoms with Crippen molar-refractivity contribution < 1.29 is 23.0 Å². The van der Waals surface area contributed by atoms with E-state index in [0.717, 1.165) is 23.0 Å². The highest BCUT2D eigenvalue weighted by Gasteiger charge is 2.22. The van der Waals surface area contributed by atoms with E-state index in [1.165, 1.54) is 11.0 Å². The zero-order valence-corrected chi connectivity index (χ0v) is 17.9. The van der Waals surface area contributed by atoms with Gasteiger partial charge < -0.3 is 9.47 Å². The van der Waals surface area contributed by atoms with Gasteiger partial charge in [0.1, 0.15) is 22.8 Å².